The first kappa shape index (κ1) is 11.0. The molecular formula is C9H15N3O2. The summed E-state index contributed by atoms with van der Waals surface area (Å²) in [5.41, 5.74) is 0. The molecule has 3 N–H and O–H groups in total. The molecule has 1 fully saturated rings. The van der Waals surface area contributed by atoms with Crippen LogP contribution in [0.4, 0.5) is 0 Å². The van der Waals surface area contributed by atoms with Gasteiger partial charge < -0.3 is 15.7 Å². The van der Waals surface area contributed by atoms with E-state index in [0.29, 0.717) is 19.5 Å². The van der Waals surface area contributed by atoms with Crippen LogP contribution in [0, 0.1) is 17.2 Å². The summed E-state index contributed by atoms with van der Waals surface area (Å²) in [4.78, 5) is 11.4. The Morgan fingerprint density at radius 2 is 2.57 bits per heavy atom. The quantitative estimate of drug-likeness (QED) is 0.541. The van der Waals surface area contributed by atoms with E-state index in [1.807, 2.05) is 6.07 Å². The molecule has 3 unspecified atom stereocenters. The number of aliphatic hydroxyl groups excluding tert-OH is 1. The first-order valence-electron chi connectivity index (χ1n) is 4.72. The van der Waals surface area contributed by atoms with Gasteiger partial charge in [-0.3, -0.25) is 4.79 Å². The summed E-state index contributed by atoms with van der Waals surface area (Å²) in [7, 11) is 0. The van der Waals surface area contributed by atoms with E-state index >= 15 is 0 Å². The van der Waals surface area contributed by atoms with Crippen molar-refractivity contribution < 1.29 is 9.90 Å². The van der Waals surface area contributed by atoms with Crippen LogP contribution in [0.2, 0.25) is 0 Å². The molecule has 0 saturated carbocycles. The lowest BCUT2D eigenvalue weighted by molar-refractivity contribution is -0.123. The molecule has 0 radical (unpaired) electrons. The number of nitrogens with zero attached hydrogens (tertiary/aromatic N) is 1. The summed E-state index contributed by atoms with van der Waals surface area (Å²) in [5.74, 6) is -0.311. The van der Waals surface area contributed by atoms with Crippen LogP contribution >= 0.6 is 0 Å². The maximum Gasteiger partial charge on any atom is 0.237 e. The van der Waals surface area contributed by atoms with Gasteiger partial charge in [0.25, 0.3) is 0 Å². The standard InChI is InChI=1S/C9H15N3O2/c1-6(3-10)4-12-9(14)8-2-7(13)5-11-8/h6-8,11,13H,2,4-5H2,1H3,(H,12,14). The van der Waals surface area contributed by atoms with Gasteiger partial charge in [-0.25, -0.2) is 0 Å². The Kier molecular flexibility index (Phi) is 3.86. The number of nitrogens with one attached hydrogen (secondary N) is 2. The average molecular weight is 197 g/mol. The fourth-order valence-electron chi connectivity index (χ4n) is 1.34. The van der Waals surface area contributed by atoms with Crippen LogP contribution in [-0.4, -0.2) is 36.2 Å². The molecule has 1 aliphatic heterocycles. The Hall–Kier alpha value is -1.12. The second-order valence-electron chi connectivity index (χ2n) is 3.63. The predicted octanol–water partition coefficient (Wildman–Crippen LogP) is -1.01. The molecule has 1 heterocycles. The summed E-state index contributed by atoms with van der Waals surface area (Å²) in [6, 6.07) is 1.73. The number of nitriles is 1. The predicted molar refractivity (Wildman–Crippen MR) is 50.2 cm³/mol. The molecule has 14 heavy (non-hydrogen) atoms. The van der Waals surface area contributed by atoms with Gasteiger partial charge in [-0.1, -0.05) is 0 Å². The zero-order valence-electron chi connectivity index (χ0n) is 8.16. The molecule has 1 rings (SSSR count). The summed E-state index contributed by atoms with van der Waals surface area (Å²) in [6.45, 7) is 2.58. The summed E-state index contributed by atoms with van der Waals surface area (Å²) in [6.07, 6.45) is 0.0198. The molecule has 1 amide bonds. The van der Waals surface area contributed by atoms with Crippen molar-refractivity contribution in [2.45, 2.75) is 25.5 Å². The van der Waals surface area contributed by atoms with Gasteiger partial charge in [0, 0.05) is 13.1 Å². The average Bonchev–Trinajstić information content (AvgIpc) is 2.60. The van der Waals surface area contributed by atoms with Crippen molar-refractivity contribution in [2.24, 2.45) is 5.92 Å². The van der Waals surface area contributed by atoms with Gasteiger partial charge in [0.15, 0.2) is 0 Å². The van der Waals surface area contributed by atoms with Gasteiger partial charge in [-0.05, 0) is 13.3 Å². The lowest BCUT2D eigenvalue weighted by Gasteiger charge is -2.11. The van der Waals surface area contributed by atoms with E-state index in [0.717, 1.165) is 0 Å². The maximum absolute atomic E-state index is 11.4. The van der Waals surface area contributed by atoms with E-state index in [-0.39, 0.29) is 17.9 Å². The van der Waals surface area contributed by atoms with Gasteiger partial charge in [0.05, 0.1) is 24.1 Å². The molecule has 3 atom stereocenters. The first-order valence-corrected chi connectivity index (χ1v) is 4.72. The van der Waals surface area contributed by atoms with Crippen LogP contribution in [0.15, 0.2) is 0 Å². The number of amides is 1. The van der Waals surface area contributed by atoms with Crippen molar-refractivity contribution >= 4 is 5.91 Å². The van der Waals surface area contributed by atoms with E-state index in [9.17, 15) is 9.90 Å². The van der Waals surface area contributed by atoms with Gasteiger partial charge in [-0.2, -0.15) is 5.26 Å². The van der Waals surface area contributed by atoms with Crippen LogP contribution in [0.5, 0.6) is 0 Å². The molecule has 0 aliphatic carbocycles. The van der Waals surface area contributed by atoms with Crippen LogP contribution < -0.4 is 10.6 Å². The highest BCUT2D eigenvalue weighted by molar-refractivity contribution is 5.82. The number of rotatable bonds is 3. The van der Waals surface area contributed by atoms with Gasteiger partial charge >= 0.3 is 0 Å². The summed E-state index contributed by atoms with van der Waals surface area (Å²) >= 11 is 0. The number of β-amino-alcohol motifs (C(OH)–C–C–N with tert-alkyl or cyclic N) is 1. The molecule has 1 saturated heterocycles. The highest BCUT2D eigenvalue weighted by Crippen LogP contribution is 2.05. The molecule has 0 bridgehead atoms. The Morgan fingerprint density at radius 1 is 1.86 bits per heavy atom. The Balaban J connectivity index is 2.26. The van der Waals surface area contributed by atoms with Crippen LogP contribution in [0.3, 0.4) is 0 Å². The fraction of sp³-hybridized carbons (Fsp3) is 0.778. The largest absolute Gasteiger partial charge is 0.392 e. The third-order valence-electron chi connectivity index (χ3n) is 2.23. The van der Waals surface area contributed by atoms with Crippen molar-refractivity contribution in [3.63, 3.8) is 0 Å². The van der Waals surface area contributed by atoms with Crippen LogP contribution in [-0.2, 0) is 4.79 Å². The molecule has 0 aromatic rings. The van der Waals surface area contributed by atoms with E-state index in [1.54, 1.807) is 6.92 Å². The Labute approximate surface area is 83.1 Å². The van der Waals surface area contributed by atoms with Crippen molar-refractivity contribution in [3.05, 3.63) is 0 Å². The number of aliphatic hydroxyl groups is 1. The normalized spacial score (nSPS) is 28.1. The van der Waals surface area contributed by atoms with E-state index in [2.05, 4.69) is 10.6 Å². The Bertz CT molecular complexity index is 249. The van der Waals surface area contributed by atoms with Crippen molar-refractivity contribution in [2.75, 3.05) is 13.1 Å². The van der Waals surface area contributed by atoms with Crippen molar-refractivity contribution in [1.29, 1.82) is 5.26 Å². The molecule has 5 nitrogen and oxygen atoms in total. The number of hydrogen-bond donors (Lipinski definition) is 3. The fourth-order valence-corrected chi connectivity index (χ4v) is 1.34. The number of hydrogen-bond acceptors (Lipinski definition) is 4. The SMILES string of the molecule is CC(C#N)CNC(=O)C1CC(O)CN1. The second kappa shape index (κ2) is 4.94. The van der Waals surface area contributed by atoms with E-state index in [1.165, 1.54) is 0 Å². The van der Waals surface area contributed by atoms with E-state index in [4.69, 9.17) is 5.26 Å². The van der Waals surface area contributed by atoms with Gasteiger partial charge in [0.2, 0.25) is 5.91 Å². The zero-order chi connectivity index (χ0) is 10.6. The molecule has 78 valence electrons. The summed E-state index contributed by atoms with van der Waals surface area (Å²) in [5, 5.41) is 23.2. The minimum absolute atomic E-state index is 0.136. The number of carbonyl (C=O) groups is 1. The van der Waals surface area contributed by atoms with Crippen molar-refractivity contribution in [3.8, 4) is 6.07 Å². The molecule has 0 spiro atoms. The second-order valence-corrected chi connectivity index (χ2v) is 3.63. The van der Waals surface area contributed by atoms with E-state index < -0.39 is 6.10 Å². The van der Waals surface area contributed by atoms with Crippen molar-refractivity contribution in [1.82, 2.24) is 10.6 Å². The lowest BCUT2D eigenvalue weighted by atomic mass is 10.1. The third-order valence-corrected chi connectivity index (χ3v) is 2.23. The smallest absolute Gasteiger partial charge is 0.237 e. The van der Waals surface area contributed by atoms with Crippen LogP contribution in [0.1, 0.15) is 13.3 Å². The minimum Gasteiger partial charge on any atom is -0.392 e. The molecule has 0 aromatic heterocycles. The first-order chi connectivity index (χ1) is 6.63. The molecule has 5 heteroatoms. The highest BCUT2D eigenvalue weighted by atomic mass is 16.3. The molecular weight excluding hydrogens is 182 g/mol. The lowest BCUT2D eigenvalue weighted by Crippen LogP contribution is -2.41. The topological polar surface area (TPSA) is 85.2 Å². The highest BCUT2D eigenvalue weighted by Gasteiger charge is 2.27. The monoisotopic (exact) mass is 197 g/mol. The minimum atomic E-state index is -0.431. The third kappa shape index (κ3) is 2.98. The molecule has 1 aliphatic rings. The van der Waals surface area contributed by atoms with Gasteiger partial charge in [-0.15, -0.1) is 0 Å². The maximum atomic E-state index is 11.4. The summed E-state index contributed by atoms with van der Waals surface area (Å²) < 4.78 is 0. The molecule has 0 aromatic carbocycles. The van der Waals surface area contributed by atoms with Gasteiger partial charge in [0.1, 0.15) is 0 Å². The van der Waals surface area contributed by atoms with Crippen LogP contribution in [0.25, 0.3) is 0 Å². The number of carbonyl (C=O) groups excluding carboxylic acids is 1. The zero-order valence-corrected chi connectivity index (χ0v) is 8.16. The Morgan fingerprint density at radius 3 is 3.07 bits per heavy atom.